The summed E-state index contributed by atoms with van der Waals surface area (Å²) in [5.74, 6) is 0. The fourth-order valence-corrected chi connectivity index (χ4v) is 3.36. The molecule has 1 aliphatic carbocycles. The molecule has 19 heavy (non-hydrogen) atoms. The molecule has 0 saturated heterocycles. The van der Waals surface area contributed by atoms with Crippen LogP contribution in [0.3, 0.4) is 0 Å². The van der Waals surface area contributed by atoms with Crippen LogP contribution in [-0.4, -0.2) is 39.2 Å². The van der Waals surface area contributed by atoms with Crippen LogP contribution in [0.15, 0.2) is 17.2 Å². The molecule has 108 valence electrons. The van der Waals surface area contributed by atoms with Gasteiger partial charge in [-0.25, -0.2) is 13.1 Å². The van der Waals surface area contributed by atoms with E-state index in [1.165, 1.54) is 6.20 Å². The standard InChI is InChI=1S/C12H21N3O3S/c1-3-13-7-10-6-12(8-14-10)19(16,17)15-9-4-11(5-9)18-2/h6,8-9,11,13-15H,3-5,7H2,1-2H3. The van der Waals surface area contributed by atoms with Gasteiger partial charge in [0.15, 0.2) is 0 Å². The Hall–Kier alpha value is -0.890. The number of hydrogen-bond acceptors (Lipinski definition) is 4. The zero-order valence-corrected chi connectivity index (χ0v) is 12.1. The van der Waals surface area contributed by atoms with Gasteiger partial charge in [0.05, 0.1) is 11.0 Å². The van der Waals surface area contributed by atoms with Crippen LogP contribution in [0.5, 0.6) is 0 Å². The highest BCUT2D eigenvalue weighted by molar-refractivity contribution is 7.89. The number of rotatable bonds is 7. The van der Waals surface area contributed by atoms with Crippen molar-refractivity contribution < 1.29 is 13.2 Å². The summed E-state index contributed by atoms with van der Waals surface area (Å²) in [5, 5.41) is 3.14. The van der Waals surface area contributed by atoms with Crippen molar-refractivity contribution in [2.45, 2.75) is 43.4 Å². The van der Waals surface area contributed by atoms with Crippen molar-refractivity contribution in [1.82, 2.24) is 15.0 Å². The normalized spacial score (nSPS) is 23.3. The van der Waals surface area contributed by atoms with Gasteiger partial charge in [0.25, 0.3) is 0 Å². The molecule has 1 fully saturated rings. The molecule has 0 atom stereocenters. The van der Waals surface area contributed by atoms with Crippen LogP contribution >= 0.6 is 0 Å². The largest absolute Gasteiger partial charge is 0.381 e. The third-order valence-corrected chi connectivity index (χ3v) is 4.84. The highest BCUT2D eigenvalue weighted by atomic mass is 32.2. The Morgan fingerprint density at radius 1 is 1.47 bits per heavy atom. The van der Waals surface area contributed by atoms with Crippen molar-refractivity contribution in [2.75, 3.05) is 13.7 Å². The summed E-state index contributed by atoms with van der Waals surface area (Å²) in [4.78, 5) is 3.26. The van der Waals surface area contributed by atoms with E-state index in [9.17, 15) is 8.42 Å². The fraction of sp³-hybridized carbons (Fsp3) is 0.667. The molecule has 0 unspecified atom stereocenters. The summed E-state index contributed by atoms with van der Waals surface area (Å²) in [6.07, 6.45) is 3.19. The average Bonchev–Trinajstić information content (AvgIpc) is 2.80. The molecule has 7 heteroatoms. The van der Waals surface area contributed by atoms with Gasteiger partial charge in [-0.2, -0.15) is 0 Å². The monoisotopic (exact) mass is 287 g/mol. The SMILES string of the molecule is CCNCc1cc(S(=O)(=O)NC2CC(OC)C2)c[nH]1. The molecule has 2 rings (SSSR count). The van der Waals surface area contributed by atoms with Crippen molar-refractivity contribution >= 4 is 10.0 Å². The van der Waals surface area contributed by atoms with Gasteiger partial charge in [-0.1, -0.05) is 6.92 Å². The first-order valence-corrected chi connectivity index (χ1v) is 7.96. The number of hydrogen-bond donors (Lipinski definition) is 3. The van der Waals surface area contributed by atoms with Crippen LogP contribution < -0.4 is 10.0 Å². The number of aromatic nitrogens is 1. The molecule has 0 radical (unpaired) electrons. The van der Waals surface area contributed by atoms with E-state index in [-0.39, 0.29) is 12.1 Å². The average molecular weight is 287 g/mol. The first kappa shape index (κ1) is 14.5. The van der Waals surface area contributed by atoms with E-state index in [0.717, 1.165) is 25.1 Å². The molecule has 1 aromatic rings. The molecule has 0 aromatic carbocycles. The quantitative estimate of drug-likeness (QED) is 0.685. The zero-order valence-electron chi connectivity index (χ0n) is 11.3. The van der Waals surface area contributed by atoms with Crippen LogP contribution in [0, 0.1) is 0 Å². The molecule has 1 saturated carbocycles. The van der Waals surface area contributed by atoms with E-state index < -0.39 is 10.0 Å². The van der Waals surface area contributed by atoms with Gasteiger partial charge in [0.1, 0.15) is 0 Å². The van der Waals surface area contributed by atoms with Gasteiger partial charge >= 0.3 is 0 Å². The molecule has 3 N–H and O–H groups in total. The zero-order chi connectivity index (χ0) is 13.9. The number of methoxy groups -OCH3 is 1. The van der Waals surface area contributed by atoms with Crippen LogP contribution in [0.25, 0.3) is 0 Å². The van der Waals surface area contributed by atoms with Gasteiger partial charge in [0, 0.05) is 31.6 Å². The second-order valence-electron chi connectivity index (χ2n) is 4.79. The molecule has 0 spiro atoms. The maximum atomic E-state index is 12.1. The van der Waals surface area contributed by atoms with E-state index in [1.54, 1.807) is 13.2 Å². The van der Waals surface area contributed by atoms with Crippen molar-refractivity contribution in [2.24, 2.45) is 0 Å². The summed E-state index contributed by atoms with van der Waals surface area (Å²) in [7, 11) is -1.77. The van der Waals surface area contributed by atoms with Crippen molar-refractivity contribution in [3.63, 3.8) is 0 Å². The van der Waals surface area contributed by atoms with Crippen LogP contribution in [0.1, 0.15) is 25.5 Å². The summed E-state index contributed by atoms with van der Waals surface area (Å²) in [6, 6.07) is 1.65. The third-order valence-electron chi connectivity index (χ3n) is 3.34. The lowest BCUT2D eigenvalue weighted by atomic mass is 9.90. The van der Waals surface area contributed by atoms with E-state index in [4.69, 9.17) is 4.74 Å². The lowest BCUT2D eigenvalue weighted by Crippen LogP contribution is -2.47. The summed E-state index contributed by atoms with van der Waals surface area (Å²) < 4.78 is 32.1. The van der Waals surface area contributed by atoms with E-state index in [0.29, 0.717) is 11.4 Å². The van der Waals surface area contributed by atoms with Crippen molar-refractivity contribution in [3.05, 3.63) is 18.0 Å². The lowest BCUT2D eigenvalue weighted by molar-refractivity contribution is 0.0236. The summed E-state index contributed by atoms with van der Waals surface area (Å²) >= 11 is 0. The van der Waals surface area contributed by atoms with Gasteiger partial charge in [-0.15, -0.1) is 0 Å². The molecule has 1 aromatic heterocycles. The minimum Gasteiger partial charge on any atom is -0.381 e. The second kappa shape index (κ2) is 6.04. The Bertz CT molecular complexity index is 506. The number of ether oxygens (including phenoxy) is 1. The molecular formula is C12H21N3O3S. The minimum absolute atomic E-state index is 0.0120. The molecule has 0 bridgehead atoms. The molecular weight excluding hydrogens is 266 g/mol. The van der Waals surface area contributed by atoms with Crippen LogP contribution in [-0.2, 0) is 21.3 Å². The minimum atomic E-state index is -3.42. The predicted octanol–water partition coefficient (Wildman–Crippen LogP) is 0.580. The second-order valence-corrected chi connectivity index (χ2v) is 6.50. The van der Waals surface area contributed by atoms with Crippen LogP contribution in [0.4, 0.5) is 0 Å². The van der Waals surface area contributed by atoms with E-state index in [2.05, 4.69) is 15.0 Å². The first-order chi connectivity index (χ1) is 9.05. The number of nitrogens with one attached hydrogen (secondary N) is 3. The van der Waals surface area contributed by atoms with Crippen LogP contribution in [0.2, 0.25) is 0 Å². The van der Waals surface area contributed by atoms with Crippen molar-refractivity contribution in [3.8, 4) is 0 Å². The van der Waals surface area contributed by atoms with Gasteiger partial charge in [-0.3, -0.25) is 0 Å². The van der Waals surface area contributed by atoms with Gasteiger partial charge in [-0.05, 0) is 25.5 Å². The number of sulfonamides is 1. The topological polar surface area (TPSA) is 83.2 Å². The Kier molecular flexibility index (Phi) is 4.62. The predicted molar refractivity (Wildman–Crippen MR) is 72.3 cm³/mol. The number of H-pyrrole nitrogens is 1. The molecule has 1 heterocycles. The Labute approximate surface area is 114 Å². The fourth-order valence-electron chi connectivity index (χ4n) is 2.08. The molecule has 1 aliphatic rings. The van der Waals surface area contributed by atoms with Gasteiger partial charge < -0.3 is 15.0 Å². The maximum absolute atomic E-state index is 12.1. The van der Waals surface area contributed by atoms with Crippen molar-refractivity contribution in [1.29, 1.82) is 0 Å². The Morgan fingerprint density at radius 2 is 2.21 bits per heavy atom. The number of aromatic amines is 1. The Morgan fingerprint density at radius 3 is 2.84 bits per heavy atom. The highest BCUT2D eigenvalue weighted by Crippen LogP contribution is 2.24. The van der Waals surface area contributed by atoms with E-state index in [1.807, 2.05) is 6.92 Å². The smallest absolute Gasteiger partial charge is 0.242 e. The third kappa shape index (κ3) is 3.56. The molecule has 0 amide bonds. The molecule has 6 nitrogen and oxygen atoms in total. The Balaban J connectivity index is 1.94. The molecule has 0 aliphatic heterocycles. The summed E-state index contributed by atoms with van der Waals surface area (Å²) in [6.45, 7) is 3.49. The maximum Gasteiger partial charge on any atom is 0.242 e. The van der Waals surface area contributed by atoms with E-state index >= 15 is 0 Å². The highest BCUT2D eigenvalue weighted by Gasteiger charge is 2.32. The first-order valence-electron chi connectivity index (χ1n) is 6.48. The lowest BCUT2D eigenvalue weighted by Gasteiger charge is -2.34. The summed E-state index contributed by atoms with van der Waals surface area (Å²) in [5.41, 5.74) is 0.866. The van der Waals surface area contributed by atoms with Gasteiger partial charge in [0.2, 0.25) is 10.0 Å².